The van der Waals surface area contributed by atoms with E-state index in [1.54, 1.807) is 20.3 Å². The van der Waals surface area contributed by atoms with Gasteiger partial charge in [-0.2, -0.15) is 5.10 Å². The van der Waals surface area contributed by atoms with Crippen LogP contribution in [-0.2, 0) is 13.6 Å². The number of hydrogen-bond donors (Lipinski definition) is 1. The molecule has 1 aromatic heterocycles. The highest BCUT2D eigenvalue weighted by Crippen LogP contribution is 2.36. The maximum absolute atomic E-state index is 6.10. The van der Waals surface area contributed by atoms with E-state index in [1.165, 1.54) is 0 Å². The van der Waals surface area contributed by atoms with Crippen molar-refractivity contribution >= 4 is 33.2 Å². The van der Waals surface area contributed by atoms with Crippen molar-refractivity contribution in [1.82, 2.24) is 9.78 Å². The summed E-state index contributed by atoms with van der Waals surface area (Å²) in [6.45, 7) is 2.55. The quantitative estimate of drug-likeness (QED) is 0.865. The molecule has 0 unspecified atom stereocenters. The van der Waals surface area contributed by atoms with Gasteiger partial charge >= 0.3 is 0 Å². The summed E-state index contributed by atoms with van der Waals surface area (Å²) in [5, 5.41) is 8.20. The number of aromatic nitrogens is 2. The van der Waals surface area contributed by atoms with Gasteiger partial charge in [-0.15, -0.1) is 0 Å². The largest absolute Gasteiger partial charge is 0.495 e. The van der Waals surface area contributed by atoms with Gasteiger partial charge in [-0.3, -0.25) is 4.68 Å². The van der Waals surface area contributed by atoms with Gasteiger partial charge in [0.1, 0.15) is 11.5 Å². The van der Waals surface area contributed by atoms with E-state index in [0.29, 0.717) is 23.1 Å². The Balaban J connectivity index is 2.27. The van der Waals surface area contributed by atoms with Crippen LogP contribution in [0, 0.1) is 6.92 Å². The van der Waals surface area contributed by atoms with Crippen LogP contribution in [0.2, 0.25) is 5.02 Å². The van der Waals surface area contributed by atoms with E-state index in [-0.39, 0.29) is 0 Å². The van der Waals surface area contributed by atoms with Crippen molar-refractivity contribution < 1.29 is 9.47 Å². The molecule has 21 heavy (non-hydrogen) atoms. The fourth-order valence-electron chi connectivity index (χ4n) is 2.05. The van der Waals surface area contributed by atoms with E-state index in [4.69, 9.17) is 21.1 Å². The van der Waals surface area contributed by atoms with Gasteiger partial charge in [-0.1, -0.05) is 11.6 Å². The van der Waals surface area contributed by atoms with Crippen molar-refractivity contribution in [3.8, 4) is 11.5 Å². The number of benzene rings is 1. The van der Waals surface area contributed by atoms with Crippen molar-refractivity contribution in [3.63, 3.8) is 0 Å². The minimum atomic E-state index is 0.512. The molecule has 0 saturated heterocycles. The first-order chi connectivity index (χ1) is 9.97. The van der Waals surface area contributed by atoms with Crippen molar-refractivity contribution in [2.45, 2.75) is 13.5 Å². The third kappa shape index (κ3) is 3.27. The molecule has 0 atom stereocenters. The van der Waals surface area contributed by atoms with E-state index in [1.807, 2.05) is 24.7 Å². The number of methoxy groups -OCH3 is 2. The molecule has 2 rings (SSSR count). The summed E-state index contributed by atoms with van der Waals surface area (Å²) < 4.78 is 13.4. The average molecular weight is 375 g/mol. The summed E-state index contributed by atoms with van der Waals surface area (Å²) >= 11 is 9.65. The Bertz CT molecular complexity index is 658. The summed E-state index contributed by atoms with van der Waals surface area (Å²) in [6.07, 6.45) is 0. The van der Waals surface area contributed by atoms with Crippen LogP contribution in [0.3, 0.4) is 0 Å². The van der Waals surface area contributed by atoms with Gasteiger partial charge in [0.05, 0.1) is 47.3 Å². The molecule has 0 spiro atoms. The first-order valence-corrected chi connectivity index (χ1v) is 7.48. The third-order valence-electron chi connectivity index (χ3n) is 3.18. The van der Waals surface area contributed by atoms with E-state index < -0.39 is 0 Å². The second-order valence-electron chi connectivity index (χ2n) is 4.51. The van der Waals surface area contributed by atoms with Crippen LogP contribution in [0.1, 0.15) is 11.4 Å². The molecule has 7 heteroatoms. The molecule has 1 aromatic carbocycles. The molecule has 0 bridgehead atoms. The number of aryl methyl sites for hydroxylation is 2. The number of nitrogens with one attached hydrogen (secondary N) is 1. The van der Waals surface area contributed by atoms with Crippen LogP contribution in [0.4, 0.5) is 5.69 Å². The molecule has 5 nitrogen and oxygen atoms in total. The Morgan fingerprint density at radius 1 is 1.29 bits per heavy atom. The van der Waals surface area contributed by atoms with Crippen molar-refractivity contribution in [2.24, 2.45) is 7.05 Å². The Labute approximate surface area is 137 Å². The predicted octanol–water partition coefficient (Wildman–Crippen LogP) is 3.77. The minimum Gasteiger partial charge on any atom is -0.495 e. The van der Waals surface area contributed by atoms with Crippen LogP contribution in [0.25, 0.3) is 0 Å². The molecule has 0 fully saturated rings. The molecule has 0 amide bonds. The lowest BCUT2D eigenvalue weighted by Crippen LogP contribution is -2.07. The van der Waals surface area contributed by atoms with E-state index in [0.717, 1.165) is 21.5 Å². The molecule has 1 heterocycles. The molecule has 0 aliphatic carbocycles. The molecule has 114 valence electrons. The Morgan fingerprint density at radius 2 is 1.95 bits per heavy atom. The smallest absolute Gasteiger partial charge is 0.143 e. The molecular weight excluding hydrogens is 358 g/mol. The second kappa shape index (κ2) is 6.58. The zero-order chi connectivity index (χ0) is 15.6. The predicted molar refractivity (Wildman–Crippen MR) is 87.5 cm³/mol. The summed E-state index contributed by atoms with van der Waals surface area (Å²) in [4.78, 5) is 0. The van der Waals surface area contributed by atoms with Gasteiger partial charge in [-0.05, 0) is 22.9 Å². The maximum atomic E-state index is 6.10. The SMILES string of the molecule is COc1cc(NCc2c(Br)c(C)nn2C)c(OC)cc1Cl. The van der Waals surface area contributed by atoms with Crippen LogP contribution in [0.15, 0.2) is 16.6 Å². The fourth-order valence-corrected chi connectivity index (χ4v) is 2.76. The highest BCUT2D eigenvalue weighted by Gasteiger charge is 2.13. The molecule has 0 saturated carbocycles. The summed E-state index contributed by atoms with van der Waals surface area (Å²) in [6, 6.07) is 3.55. The summed E-state index contributed by atoms with van der Waals surface area (Å²) in [7, 11) is 5.10. The van der Waals surface area contributed by atoms with E-state index in [2.05, 4.69) is 26.3 Å². The van der Waals surface area contributed by atoms with Crippen molar-refractivity contribution in [2.75, 3.05) is 19.5 Å². The Kier molecular flexibility index (Phi) is 5.00. The average Bonchev–Trinajstić information content (AvgIpc) is 2.70. The molecule has 0 aliphatic heterocycles. The van der Waals surface area contributed by atoms with Crippen LogP contribution < -0.4 is 14.8 Å². The molecule has 2 aromatic rings. The highest BCUT2D eigenvalue weighted by atomic mass is 79.9. The standard InChI is InChI=1S/C14H17BrClN3O2/c1-8-14(15)11(19(2)18-8)7-17-10-6-12(20-3)9(16)5-13(10)21-4/h5-6,17H,7H2,1-4H3. The number of ether oxygens (including phenoxy) is 2. The lowest BCUT2D eigenvalue weighted by atomic mass is 10.2. The van der Waals surface area contributed by atoms with Crippen molar-refractivity contribution in [1.29, 1.82) is 0 Å². The van der Waals surface area contributed by atoms with E-state index in [9.17, 15) is 0 Å². The Hall–Kier alpha value is -1.40. The molecule has 1 N–H and O–H groups in total. The zero-order valence-corrected chi connectivity index (χ0v) is 14.7. The van der Waals surface area contributed by atoms with Gasteiger partial charge in [0.2, 0.25) is 0 Å². The third-order valence-corrected chi connectivity index (χ3v) is 4.51. The molecular formula is C14H17BrClN3O2. The lowest BCUT2D eigenvalue weighted by molar-refractivity contribution is 0.404. The number of rotatable bonds is 5. The number of halogens is 2. The Morgan fingerprint density at radius 3 is 2.48 bits per heavy atom. The van der Waals surface area contributed by atoms with Crippen LogP contribution in [0.5, 0.6) is 11.5 Å². The van der Waals surface area contributed by atoms with Gasteiger partial charge in [0.15, 0.2) is 0 Å². The zero-order valence-electron chi connectivity index (χ0n) is 12.3. The minimum absolute atomic E-state index is 0.512. The summed E-state index contributed by atoms with van der Waals surface area (Å²) in [5.41, 5.74) is 2.81. The number of hydrogen-bond acceptors (Lipinski definition) is 4. The fraction of sp³-hybridized carbons (Fsp3) is 0.357. The summed E-state index contributed by atoms with van der Waals surface area (Å²) in [5.74, 6) is 1.26. The lowest BCUT2D eigenvalue weighted by Gasteiger charge is -2.14. The molecule has 0 radical (unpaired) electrons. The first-order valence-electron chi connectivity index (χ1n) is 6.31. The van der Waals surface area contributed by atoms with Gasteiger partial charge < -0.3 is 14.8 Å². The first kappa shape index (κ1) is 16.0. The molecule has 0 aliphatic rings. The monoisotopic (exact) mass is 373 g/mol. The second-order valence-corrected chi connectivity index (χ2v) is 5.71. The van der Waals surface area contributed by atoms with Crippen LogP contribution >= 0.6 is 27.5 Å². The highest BCUT2D eigenvalue weighted by molar-refractivity contribution is 9.10. The number of anilines is 1. The maximum Gasteiger partial charge on any atom is 0.143 e. The van der Waals surface area contributed by atoms with Gasteiger partial charge in [-0.25, -0.2) is 0 Å². The van der Waals surface area contributed by atoms with Gasteiger partial charge in [0, 0.05) is 19.2 Å². The number of nitrogens with zero attached hydrogens (tertiary/aromatic N) is 2. The van der Waals surface area contributed by atoms with Crippen LogP contribution in [-0.4, -0.2) is 24.0 Å². The van der Waals surface area contributed by atoms with Gasteiger partial charge in [0.25, 0.3) is 0 Å². The topological polar surface area (TPSA) is 48.3 Å². The van der Waals surface area contributed by atoms with E-state index >= 15 is 0 Å². The van der Waals surface area contributed by atoms with Crippen molar-refractivity contribution in [3.05, 3.63) is 33.0 Å². The normalized spacial score (nSPS) is 10.6.